The molecular formula is C11H13N3OS. The van der Waals surface area contributed by atoms with Crippen LogP contribution in [-0.4, -0.2) is 29.1 Å². The summed E-state index contributed by atoms with van der Waals surface area (Å²) in [6.07, 6.45) is 4.97. The molecule has 84 valence electrons. The van der Waals surface area contributed by atoms with Gasteiger partial charge in [-0.05, 0) is 37.2 Å². The number of isothiocyanates is 1. The van der Waals surface area contributed by atoms with Crippen molar-refractivity contribution in [2.75, 3.05) is 13.1 Å². The Morgan fingerprint density at radius 1 is 1.56 bits per heavy atom. The average molecular weight is 235 g/mol. The molecule has 0 unspecified atom stereocenters. The fourth-order valence-corrected chi connectivity index (χ4v) is 1.25. The van der Waals surface area contributed by atoms with E-state index in [9.17, 15) is 4.79 Å². The Labute approximate surface area is 99.8 Å². The molecule has 1 rings (SSSR count). The number of pyridine rings is 1. The molecule has 1 aromatic rings. The first-order valence-electron chi connectivity index (χ1n) is 5.06. The molecule has 0 spiro atoms. The minimum Gasteiger partial charge on any atom is -0.352 e. The Balaban J connectivity index is 2.18. The van der Waals surface area contributed by atoms with Crippen LogP contribution in [0.25, 0.3) is 0 Å². The van der Waals surface area contributed by atoms with E-state index in [-0.39, 0.29) is 5.91 Å². The molecule has 1 heterocycles. The van der Waals surface area contributed by atoms with Gasteiger partial charge in [0.1, 0.15) is 0 Å². The number of unbranched alkanes of at least 4 members (excludes halogenated alkanes) is 1. The second kappa shape index (κ2) is 7.68. The summed E-state index contributed by atoms with van der Waals surface area (Å²) in [5.74, 6) is -0.0913. The minimum absolute atomic E-state index is 0.0913. The van der Waals surface area contributed by atoms with Gasteiger partial charge in [-0.15, -0.1) is 0 Å². The maximum atomic E-state index is 11.5. The van der Waals surface area contributed by atoms with Crippen LogP contribution < -0.4 is 5.32 Å². The molecule has 0 atom stereocenters. The van der Waals surface area contributed by atoms with Crippen molar-refractivity contribution in [1.29, 1.82) is 0 Å². The zero-order chi connectivity index (χ0) is 11.6. The highest BCUT2D eigenvalue weighted by molar-refractivity contribution is 7.78. The van der Waals surface area contributed by atoms with Crippen LogP contribution in [0.3, 0.4) is 0 Å². The number of nitrogens with one attached hydrogen (secondary N) is 1. The lowest BCUT2D eigenvalue weighted by Gasteiger charge is -2.03. The molecule has 1 N–H and O–H groups in total. The number of aliphatic imine (C=N–C) groups is 1. The van der Waals surface area contributed by atoms with Gasteiger partial charge in [0.2, 0.25) is 0 Å². The van der Waals surface area contributed by atoms with Gasteiger partial charge in [0, 0.05) is 25.5 Å². The van der Waals surface area contributed by atoms with Crippen LogP contribution in [0.15, 0.2) is 29.5 Å². The lowest BCUT2D eigenvalue weighted by atomic mass is 10.2. The topological polar surface area (TPSA) is 54.4 Å². The predicted octanol–water partition coefficient (Wildman–Crippen LogP) is 1.69. The molecule has 0 radical (unpaired) electrons. The number of rotatable bonds is 6. The van der Waals surface area contributed by atoms with Crippen LogP contribution >= 0.6 is 12.2 Å². The van der Waals surface area contributed by atoms with Gasteiger partial charge in [0.05, 0.1) is 10.7 Å². The van der Waals surface area contributed by atoms with Crippen LogP contribution in [-0.2, 0) is 0 Å². The predicted molar refractivity (Wildman–Crippen MR) is 65.7 cm³/mol. The summed E-state index contributed by atoms with van der Waals surface area (Å²) in [6.45, 7) is 1.31. The van der Waals surface area contributed by atoms with Crippen LogP contribution in [0.1, 0.15) is 23.2 Å². The van der Waals surface area contributed by atoms with E-state index in [4.69, 9.17) is 0 Å². The molecule has 0 saturated heterocycles. The Morgan fingerprint density at radius 2 is 2.44 bits per heavy atom. The molecule has 0 aromatic carbocycles. The Morgan fingerprint density at radius 3 is 3.12 bits per heavy atom. The van der Waals surface area contributed by atoms with E-state index in [0.29, 0.717) is 18.7 Å². The summed E-state index contributed by atoms with van der Waals surface area (Å²) in [5.41, 5.74) is 0.583. The molecule has 0 aliphatic carbocycles. The summed E-state index contributed by atoms with van der Waals surface area (Å²) in [4.78, 5) is 19.2. The molecule has 5 heteroatoms. The summed E-state index contributed by atoms with van der Waals surface area (Å²) < 4.78 is 0. The summed E-state index contributed by atoms with van der Waals surface area (Å²) >= 11 is 4.44. The van der Waals surface area contributed by atoms with E-state index >= 15 is 0 Å². The third-order valence-corrected chi connectivity index (χ3v) is 2.10. The van der Waals surface area contributed by atoms with Crippen molar-refractivity contribution in [3.05, 3.63) is 30.1 Å². The smallest absolute Gasteiger partial charge is 0.252 e. The molecular weight excluding hydrogens is 222 g/mol. The molecule has 16 heavy (non-hydrogen) atoms. The number of thiocarbonyl (C=S) groups is 1. The minimum atomic E-state index is -0.0913. The zero-order valence-corrected chi connectivity index (χ0v) is 9.67. The second-order valence-electron chi connectivity index (χ2n) is 3.18. The van der Waals surface area contributed by atoms with Crippen molar-refractivity contribution in [1.82, 2.24) is 10.3 Å². The molecule has 0 bridgehead atoms. The number of hydrogen-bond acceptors (Lipinski definition) is 4. The SMILES string of the molecule is O=C(NCCCCN=C=S)c1cccnc1. The number of nitrogens with zero attached hydrogens (tertiary/aromatic N) is 2. The first-order chi connectivity index (χ1) is 7.84. The largest absolute Gasteiger partial charge is 0.352 e. The third kappa shape index (κ3) is 4.77. The molecule has 0 fully saturated rings. The molecule has 0 aliphatic rings. The van der Waals surface area contributed by atoms with Crippen LogP contribution in [0.2, 0.25) is 0 Å². The molecule has 1 amide bonds. The van der Waals surface area contributed by atoms with Gasteiger partial charge in [0.15, 0.2) is 0 Å². The summed E-state index contributed by atoms with van der Waals surface area (Å²) in [5, 5.41) is 5.11. The standard InChI is InChI=1S/C11H13N3OS/c15-11(10-4-3-6-12-8-10)14-7-2-1-5-13-9-16/h3-4,6,8H,1-2,5,7H2,(H,14,15). The molecule has 0 saturated carbocycles. The molecule has 0 aliphatic heterocycles. The summed E-state index contributed by atoms with van der Waals surface area (Å²) in [6, 6.07) is 3.47. The number of aromatic nitrogens is 1. The van der Waals surface area contributed by atoms with Gasteiger partial charge in [-0.1, -0.05) is 0 Å². The van der Waals surface area contributed by atoms with Gasteiger partial charge >= 0.3 is 0 Å². The normalized spacial score (nSPS) is 9.25. The van der Waals surface area contributed by atoms with E-state index in [1.807, 2.05) is 0 Å². The highest BCUT2D eigenvalue weighted by Crippen LogP contribution is 1.95. The molecule has 4 nitrogen and oxygen atoms in total. The summed E-state index contributed by atoms with van der Waals surface area (Å²) in [7, 11) is 0. The first-order valence-corrected chi connectivity index (χ1v) is 5.47. The number of amides is 1. The van der Waals surface area contributed by atoms with Crippen molar-refractivity contribution in [2.24, 2.45) is 4.99 Å². The van der Waals surface area contributed by atoms with E-state index in [1.165, 1.54) is 0 Å². The quantitative estimate of drug-likeness (QED) is 0.464. The van der Waals surface area contributed by atoms with Gasteiger partial charge < -0.3 is 5.32 Å². The fraction of sp³-hybridized carbons (Fsp3) is 0.364. The van der Waals surface area contributed by atoms with Crippen LogP contribution in [0, 0.1) is 0 Å². The van der Waals surface area contributed by atoms with Crippen molar-refractivity contribution in [3.63, 3.8) is 0 Å². The van der Waals surface area contributed by atoms with E-state index < -0.39 is 0 Å². The Kier molecular flexibility index (Phi) is 5.99. The average Bonchev–Trinajstić information content (AvgIpc) is 2.34. The third-order valence-electron chi connectivity index (χ3n) is 1.97. The van der Waals surface area contributed by atoms with Crippen molar-refractivity contribution in [2.45, 2.75) is 12.8 Å². The van der Waals surface area contributed by atoms with Crippen LogP contribution in [0.4, 0.5) is 0 Å². The van der Waals surface area contributed by atoms with E-state index in [0.717, 1.165) is 12.8 Å². The zero-order valence-electron chi connectivity index (χ0n) is 8.85. The lowest BCUT2D eigenvalue weighted by Crippen LogP contribution is -2.24. The van der Waals surface area contributed by atoms with Crippen molar-refractivity contribution < 1.29 is 4.79 Å². The van der Waals surface area contributed by atoms with Gasteiger partial charge in [-0.3, -0.25) is 9.78 Å². The van der Waals surface area contributed by atoms with Gasteiger partial charge in [-0.2, -0.15) is 0 Å². The van der Waals surface area contributed by atoms with Crippen molar-refractivity contribution >= 4 is 23.3 Å². The van der Waals surface area contributed by atoms with E-state index in [2.05, 4.69) is 32.7 Å². The van der Waals surface area contributed by atoms with E-state index in [1.54, 1.807) is 24.5 Å². The number of carbonyl (C=O) groups excluding carboxylic acids is 1. The Bertz CT molecular complexity index is 374. The number of carbonyl (C=O) groups is 1. The fourth-order valence-electron chi connectivity index (χ4n) is 1.16. The van der Waals surface area contributed by atoms with Gasteiger partial charge in [-0.25, -0.2) is 4.99 Å². The lowest BCUT2D eigenvalue weighted by molar-refractivity contribution is 0.0952. The maximum absolute atomic E-state index is 11.5. The highest BCUT2D eigenvalue weighted by atomic mass is 32.1. The Hall–Kier alpha value is -1.58. The van der Waals surface area contributed by atoms with Crippen LogP contribution in [0.5, 0.6) is 0 Å². The second-order valence-corrected chi connectivity index (χ2v) is 3.36. The molecule has 1 aromatic heterocycles. The monoisotopic (exact) mass is 235 g/mol. The maximum Gasteiger partial charge on any atom is 0.252 e. The van der Waals surface area contributed by atoms with Crippen molar-refractivity contribution in [3.8, 4) is 0 Å². The number of hydrogen-bond donors (Lipinski definition) is 1. The highest BCUT2D eigenvalue weighted by Gasteiger charge is 2.02. The van der Waals surface area contributed by atoms with Gasteiger partial charge in [0.25, 0.3) is 5.91 Å². The first kappa shape index (κ1) is 12.5.